The molecule has 2 aliphatic heterocycles. The summed E-state index contributed by atoms with van der Waals surface area (Å²) < 4.78 is 89.2. The van der Waals surface area contributed by atoms with Crippen molar-refractivity contribution in [1.29, 1.82) is 0 Å². The number of ether oxygens (including phenoxy) is 2. The van der Waals surface area contributed by atoms with Crippen LogP contribution in [0.25, 0.3) is 20.7 Å². The van der Waals surface area contributed by atoms with Crippen LogP contribution in [0.4, 0.5) is 46.2 Å². The van der Waals surface area contributed by atoms with Crippen molar-refractivity contribution in [3.63, 3.8) is 0 Å². The number of hydrogen-bond donors (Lipinski definition) is 4. The van der Waals surface area contributed by atoms with Gasteiger partial charge in [-0.1, -0.05) is 46.9 Å². The lowest BCUT2D eigenvalue weighted by atomic mass is 9.80. The van der Waals surface area contributed by atoms with Gasteiger partial charge in [0.15, 0.2) is 31.0 Å². The highest BCUT2D eigenvalue weighted by molar-refractivity contribution is 7.22. The zero-order valence-electron chi connectivity index (χ0n) is 34.7. The van der Waals surface area contributed by atoms with Gasteiger partial charge < -0.3 is 29.7 Å². The monoisotopic (exact) mass is 981 g/mol. The van der Waals surface area contributed by atoms with Gasteiger partial charge in [0.2, 0.25) is 17.7 Å². The number of rotatable bonds is 8. The van der Waals surface area contributed by atoms with E-state index in [1.54, 1.807) is 0 Å². The van der Waals surface area contributed by atoms with Crippen molar-refractivity contribution in [2.45, 2.75) is 49.2 Å². The van der Waals surface area contributed by atoms with Gasteiger partial charge in [0.25, 0.3) is 0 Å². The molecule has 8 rings (SSSR count). The van der Waals surface area contributed by atoms with Gasteiger partial charge in [-0.2, -0.15) is 36.3 Å². The van der Waals surface area contributed by atoms with E-state index in [0.717, 1.165) is 46.9 Å². The number of methoxy groups -OCH3 is 2. The summed E-state index contributed by atoms with van der Waals surface area (Å²) in [6, 6.07) is 8.67. The highest BCUT2D eigenvalue weighted by Gasteiger charge is 2.41. The summed E-state index contributed by atoms with van der Waals surface area (Å²) in [4.78, 5) is 66.5. The summed E-state index contributed by atoms with van der Waals surface area (Å²) in [5.41, 5.74) is -2.80. The molecule has 0 aliphatic carbocycles. The first-order valence-electron chi connectivity index (χ1n) is 19.7. The first kappa shape index (κ1) is 47.8. The molecular weight excluding hydrogens is 944 g/mol. The third kappa shape index (κ3) is 10.6. The number of piperidine rings is 2. The Morgan fingerprint density at radius 3 is 1.59 bits per heavy atom. The molecular formula is C40H38ClF6N11O6S2. The number of aliphatic hydroxyl groups is 1. The van der Waals surface area contributed by atoms with Crippen LogP contribution in [0.15, 0.2) is 61.2 Å². The molecule has 5 amide bonds. The predicted molar refractivity (Wildman–Crippen MR) is 231 cm³/mol. The van der Waals surface area contributed by atoms with E-state index in [0.29, 0.717) is 42.4 Å². The van der Waals surface area contributed by atoms with Crippen LogP contribution >= 0.6 is 34.3 Å². The molecule has 2 saturated heterocycles. The van der Waals surface area contributed by atoms with Gasteiger partial charge in [0, 0.05) is 26.2 Å². The summed E-state index contributed by atoms with van der Waals surface area (Å²) in [7, 11) is 2.91. The van der Waals surface area contributed by atoms with Crippen LogP contribution in [0.5, 0.6) is 11.8 Å². The van der Waals surface area contributed by atoms with Gasteiger partial charge in [-0.05, 0) is 61.1 Å². The van der Waals surface area contributed by atoms with Gasteiger partial charge in [0.05, 0.1) is 36.5 Å². The topological polar surface area (TPSA) is 210 Å². The summed E-state index contributed by atoms with van der Waals surface area (Å²) in [5.74, 6) is -0.266. The van der Waals surface area contributed by atoms with Crippen LogP contribution < -0.4 is 25.4 Å². The van der Waals surface area contributed by atoms with Gasteiger partial charge in [-0.3, -0.25) is 15.4 Å². The number of hydrogen-bond acceptors (Lipinski definition) is 14. The molecule has 0 spiro atoms. The van der Waals surface area contributed by atoms with E-state index >= 15 is 0 Å². The number of aromatic nitrogens is 6. The number of halogens is 7. The highest BCUT2D eigenvalue weighted by Crippen LogP contribution is 2.39. The first-order chi connectivity index (χ1) is 31.3. The molecule has 0 unspecified atom stereocenters. The Hall–Kier alpha value is -6.18. The number of benzene rings is 2. The lowest BCUT2D eigenvalue weighted by Gasteiger charge is -2.42. The Bertz CT molecular complexity index is 2730. The molecule has 4 aromatic heterocycles. The largest absolute Gasteiger partial charge is 0.479 e. The van der Waals surface area contributed by atoms with Crippen LogP contribution in [0.1, 0.15) is 47.9 Å². The average molecular weight is 982 g/mol. The molecule has 0 radical (unpaired) electrons. The highest BCUT2D eigenvalue weighted by atomic mass is 35.5. The van der Waals surface area contributed by atoms with Crippen LogP contribution in [-0.2, 0) is 28.3 Å². The molecule has 26 heteroatoms. The fourth-order valence-corrected chi connectivity index (χ4v) is 9.08. The number of anilines is 2. The zero-order chi connectivity index (χ0) is 47.4. The summed E-state index contributed by atoms with van der Waals surface area (Å²) in [6.45, 7) is 0.705. The second kappa shape index (κ2) is 19.3. The Balaban J connectivity index is 0.000000198. The summed E-state index contributed by atoms with van der Waals surface area (Å²) in [5, 5.41) is 19.7. The van der Waals surface area contributed by atoms with E-state index in [1.807, 2.05) is 0 Å². The number of carbonyl (C=O) groups is 3. The van der Waals surface area contributed by atoms with Crippen LogP contribution in [-0.4, -0.2) is 109 Å². The number of nitrogens with zero attached hydrogens (tertiary/aromatic N) is 8. The van der Waals surface area contributed by atoms with Gasteiger partial charge >= 0.3 is 24.4 Å². The van der Waals surface area contributed by atoms with Crippen molar-refractivity contribution in [1.82, 2.24) is 45.0 Å². The van der Waals surface area contributed by atoms with Crippen LogP contribution in [0.2, 0.25) is 0 Å². The van der Waals surface area contributed by atoms with Crippen molar-refractivity contribution in [3.05, 3.63) is 83.4 Å². The molecule has 66 heavy (non-hydrogen) atoms. The molecule has 2 aromatic carbocycles. The standard InChI is InChI=1S/C21H20ClF3N6O3S.C19H18F3N5O3S/c1-34-16-15-17(27-11-26-16)35-18(28-15)29-19(33)31-7-5-20(6-8-31,30-14(32)10-22)12-3-2-4-13(9-12)21(23,24)25;1-30-14-13-15(24-10-23-14)31-16(25-13)26-17(28)27-7-5-18(29,6-8-27)11-3-2-4-12(9-11)19(20,21)22/h2-4,9,11H,5-8,10H2,1H3,(H,30,32)(H,28,29,33);2-4,9-10,29H,5-8H2,1H3,(H,25,26,28). The Morgan fingerprint density at radius 1 is 0.712 bits per heavy atom. The third-order valence-corrected chi connectivity index (χ3v) is 12.9. The predicted octanol–water partition coefficient (Wildman–Crippen LogP) is 7.62. The number of thiazole rings is 2. The van der Waals surface area contributed by atoms with Crippen molar-refractivity contribution in [3.8, 4) is 11.8 Å². The average Bonchev–Trinajstić information content (AvgIpc) is 3.92. The van der Waals surface area contributed by atoms with Crippen LogP contribution in [0.3, 0.4) is 0 Å². The Labute approximate surface area is 383 Å². The zero-order valence-corrected chi connectivity index (χ0v) is 37.1. The van der Waals surface area contributed by atoms with Gasteiger partial charge in [0.1, 0.15) is 18.5 Å². The maximum Gasteiger partial charge on any atom is 0.416 e. The first-order valence-corrected chi connectivity index (χ1v) is 21.9. The normalized spacial score (nSPS) is 16.0. The fourth-order valence-electron chi connectivity index (χ4n) is 7.44. The van der Waals surface area contributed by atoms with E-state index in [1.165, 1.54) is 60.9 Å². The van der Waals surface area contributed by atoms with Crippen molar-refractivity contribution in [2.24, 2.45) is 0 Å². The number of nitrogens with one attached hydrogen (secondary N) is 3. The van der Waals surface area contributed by atoms with E-state index in [2.05, 4.69) is 45.9 Å². The number of amides is 5. The third-order valence-electron chi connectivity index (χ3n) is 10.9. The fraction of sp³-hybridized carbons (Fsp3) is 0.375. The molecule has 2 fully saturated rings. The van der Waals surface area contributed by atoms with Crippen molar-refractivity contribution < 1.29 is 55.3 Å². The summed E-state index contributed by atoms with van der Waals surface area (Å²) >= 11 is 7.97. The second-order valence-electron chi connectivity index (χ2n) is 14.9. The molecule has 350 valence electrons. The molecule has 6 aromatic rings. The van der Waals surface area contributed by atoms with Crippen LogP contribution in [0, 0.1) is 0 Å². The number of urea groups is 2. The lowest BCUT2D eigenvalue weighted by Crippen LogP contribution is -2.55. The second-order valence-corrected chi connectivity index (χ2v) is 17.1. The minimum Gasteiger partial charge on any atom is -0.479 e. The van der Waals surface area contributed by atoms with E-state index in [-0.39, 0.29) is 69.2 Å². The summed E-state index contributed by atoms with van der Waals surface area (Å²) in [6.07, 6.45) is -5.73. The maximum atomic E-state index is 13.3. The maximum absolute atomic E-state index is 13.3. The number of carbonyl (C=O) groups excluding carboxylic acids is 3. The molecule has 17 nitrogen and oxygen atoms in total. The molecule has 6 heterocycles. The van der Waals surface area contributed by atoms with Gasteiger partial charge in [-0.15, -0.1) is 11.6 Å². The molecule has 4 N–H and O–H groups in total. The number of likely N-dealkylation sites (tertiary alicyclic amines) is 2. The quantitative estimate of drug-likeness (QED) is 0.0858. The molecule has 0 atom stereocenters. The van der Waals surface area contributed by atoms with Crippen molar-refractivity contribution >= 4 is 83.2 Å². The molecule has 2 aliphatic rings. The number of fused-ring (bicyclic) bond motifs is 2. The Morgan fingerprint density at radius 2 is 1.15 bits per heavy atom. The SMILES string of the molecule is COc1ncnc2sc(NC(=O)N3CCC(NC(=O)CCl)(c4cccc(C(F)(F)F)c4)CC3)nc12.COc1ncnc2sc(NC(=O)N3CCC(O)(c4cccc(C(F)(F)F)c4)CC3)nc12. The minimum atomic E-state index is -4.53. The number of alkyl halides is 7. The smallest absolute Gasteiger partial charge is 0.416 e. The van der Waals surface area contributed by atoms with E-state index < -0.39 is 52.6 Å². The van der Waals surface area contributed by atoms with E-state index in [9.17, 15) is 45.8 Å². The Kier molecular flexibility index (Phi) is 14.0. The molecule has 0 saturated carbocycles. The minimum absolute atomic E-state index is 0.112. The lowest BCUT2D eigenvalue weighted by molar-refractivity contribution is -0.138. The molecule has 0 bridgehead atoms. The van der Waals surface area contributed by atoms with E-state index in [4.69, 9.17) is 21.1 Å². The van der Waals surface area contributed by atoms with Crippen molar-refractivity contribution in [2.75, 3.05) is 56.9 Å². The van der Waals surface area contributed by atoms with Gasteiger partial charge in [-0.25, -0.2) is 29.5 Å².